The van der Waals surface area contributed by atoms with Gasteiger partial charge in [-0.15, -0.1) is 0 Å². The molecule has 1 unspecified atom stereocenters. The number of anilines is 1. The Morgan fingerprint density at radius 2 is 1.85 bits per heavy atom. The summed E-state index contributed by atoms with van der Waals surface area (Å²) in [5.74, 6) is 0.176. The van der Waals surface area contributed by atoms with Crippen molar-refractivity contribution in [3.05, 3.63) is 95.0 Å². The maximum Gasteiger partial charge on any atom is 0.226 e. The quantitative estimate of drug-likeness (QED) is 0.517. The van der Waals surface area contributed by atoms with Gasteiger partial charge in [0.15, 0.2) is 0 Å². The first-order chi connectivity index (χ1) is 13.2. The van der Waals surface area contributed by atoms with Gasteiger partial charge in [0.2, 0.25) is 5.95 Å². The predicted molar refractivity (Wildman–Crippen MR) is 105 cm³/mol. The van der Waals surface area contributed by atoms with E-state index in [1.54, 1.807) is 16.8 Å². The van der Waals surface area contributed by atoms with Crippen molar-refractivity contribution in [3.8, 4) is 0 Å². The van der Waals surface area contributed by atoms with Crippen molar-refractivity contribution >= 4 is 34.0 Å². The Bertz CT molecular complexity index is 1180. The van der Waals surface area contributed by atoms with Gasteiger partial charge in [-0.05, 0) is 40.6 Å². The van der Waals surface area contributed by atoms with Crippen LogP contribution in [-0.4, -0.2) is 14.8 Å². The van der Waals surface area contributed by atoms with Crippen molar-refractivity contribution in [1.82, 2.24) is 14.8 Å². The summed E-state index contributed by atoms with van der Waals surface area (Å²) in [5.41, 5.74) is 2.21. The average molecular weight is 377 g/mol. The fourth-order valence-corrected chi connectivity index (χ4v) is 3.73. The number of hydrogen-bond acceptors (Lipinski definition) is 3. The lowest BCUT2D eigenvalue weighted by molar-refractivity contribution is 0.551. The summed E-state index contributed by atoms with van der Waals surface area (Å²) >= 11 is 6.32. The van der Waals surface area contributed by atoms with E-state index in [0.29, 0.717) is 16.5 Å². The zero-order chi connectivity index (χ0) is 18.4. The van der Waals surface area contributed by atoms with E-state index in [-0.39, 0.29) is 5.82 Å². The van der Waals surface area contributed by atoms with Crippen molar-refractivity contribution in [2.45, 2.75) is 6.04 Å². The molecule has 1 aromatic heterocycles. The molecule has 6 heteroatoms. The van der Waals surface area contributed by atoms with Crippen molar-refractivity contribution < 1.29 is 4.39 Å². The number of aromatic nitrogens is 3. The molecule has 0 fully saturated rings. The highest BCUT2D eigenvalue weighted by molar-refractivity contribution is 6.31. The van der Waals surface area contributed by atoms with Crippen LogP contribution in [0.3, 0.4) is 0 Å². The van der Waals surface area contributed by atoms with Crippen LogP contribution in [0, 0.1) is 5.82 Å². The molecule has 0 spiro atoms. The summed E-state index contributed by atoms with van der Waals surface area (Å²) < 4.78 is 16.2. The molecule has 132 valence electrons. The van der Waals surface area contributed by atoms with Crippen molar-refractivity contribution in [2.24, 2.45) is 0 Å². The number of rotatable bonds is 2. The second kappa shape index (κ2) is 6.21. The third-order valence-electron chi connectivity index (χ3n) is 4.76. The lowest BCUT2D eigenvalue weighted by Gasteiger charge is -2.25. The van der Waals surface area contributed by atoms with E-state index in [1.807, 2.05) is 24.3 Å². The van der Waals surface area contributed by atoms with E-state index in [9.17, 15) is 4.39 Å². The molecular formula is C21H14ClFN4. The zero-order valence-electron chi connectivity index (χ0n) is 14.1. The molecule has 27 heavy (non-hydrogen) atoms. The van der Waals surface area contributed by atoms with E-state index >= 15 is 0 Å². The van der Waals surface area contributed by atoms with Crippen LogP contribution in [0.1, 0.15) is 17.2 Å². The van der Waals surface area contributed by atoms with Gasteiger partial charge in [0.25, 0.3) is 0 Å². The summed E-state index contributed by atoms with van der Waals surface area (Å²) in [6.07, 6.45) is 3.37. The number of nitrogens with zero attached hydrogens (tertiary/aromatic N) is 3. The van der Waals surface area contributed by atoms with Crippen LogP contribution in [-0.2, 0) is 0 Å². The number of halogens is 2. The smallest absolute Gasteiger partial charge is 0.226 e. The maximum absolute atomic E-state index is 14.6. The minimum Gasteiger partial charge on any atom is -0.324 e. The molecule has 5 rings (SSSR count). The van der Waals surface area contributed by atoms with Gasteiger partial charge in [0.1, 0.15) is 18.2 Å². The topological polar surface area (TPSA) is 42.7 Å². The van der Waals surface area contributed by atoms with Crippen LogP contribution in [0.4, 0.5) is 10.3 Å². The second-order valence-electron chi connectivity index (χ2n) is 6.38. The molecule has 0 saturated heterocycles. The largest absolute Gasteiger partial charge is 0.324 e. The van der Waals surface area contributed by atoms with Gasteiger partial charge in [-0.2, -0.15) is 10.1 Å². The normalized spacial score (nSPS) is 15.9. The number of hydrogen-bond donors (Lipinski definition) is 1. The number of nitrogens with one attached hydrogen (secondary N) is 1. The predicted octanol–water partition coefficient (Wildman–Crippen LogP) is 5.28. The standard InChI is InChI=1S/C21H14ClFN4/c22-16-6-3-7-17(23)20(16)19-11-18(26-21-24-12-25-27(19)21)15-9-8-13-4-1-2-5-14(13)10-15/h1-12,19H,(H,24,25,26). The average Bonchev–Trinajstić information content (AvgIpc) is 3.16. The Kier molecular flexibility index (Phi) is 3.69. The molecule has 1 atom stereocenters. The van der Waals surface area contributed by atoms with Crippen LogP contribution < -0.4 is 5.32 Å². The highest BCUT2D eigenvalue weighted by atomic mass is 35.5. The lowest BCUT2D eigenvalue weighted by atomic mass is 9.99. The zero-order valence-corrected chi connectivity index (χ0v) is 14.9. The molecule has 4 nitrogen and oxygen atoms in total. The summed E-state index contributed by atoms with van der Waals surface area (Å²) in [4.78, 5) is 4.26. The van der Waals surface area contributed by atoms with E-state index in [1.165, 1.54) is 12.4 Å². The summed E-state index contributed by atoms with van der Waals surface area (Å²) in [6, 6.07) is 18.6. The Balaban J connectivity index is 1.67. The van der Waals surface area contributed by atoms with Gasteiger partial charge < -0.3 is 5.32 Å². The molecule has 0 aliphatic carbocycles. The highest BCUT2D eigenvalue weighted by Gasteiger charge is 2.27. The van der Waals surface area contributed by atoms with Crippen molar-refractivity contribution in [1.29, 1.82) is 0 Å². The molecule has 3 aromatic carbocycles. The Labute approximate surface area is 159 Å². The van der Waals surface area contributed by atoms with Gasteiger partial charge in [-0.1, -0.05) is 54.1 Å². The molecule has 4 aromatic rings. The minimum atomic E-state index is -0.487. The first kappa shape index (κ1) is 16.0. The third kappa shape index (κ3) is 2.67. The maximum atomic E-state index is 14.6. The molecule has 0 bridgehead atoms. The highest BCUT2D eigenvalue weighted by Crippen LogP contribution is 2.36. The number of allylic oxidation sites excluding steroid dienone is 1. The molecule has 0 saturated carbocycles. The van der Waals surface area contributed by atoms with Crippen LogP contribution in [0.15, 0.2) is 73.1 Å². The SMILES string of the molecule is Fc1cccc(Cl)c1C1C=C(c2ccc3ccccc3c2)Nc2ncnn21. The number of benzene rings is 3. The van der Waals surface area contributed by atoms with Gasteiger partial charge >= 0.3 is 0 Å². The minimum absolute atomic E-state index is 0.359. The second-order valence-corrected chi connectivity index (χ2v) is 6.78. The van der Waals surface area contributed by atoms with Gasteiger partial charge in [0.05, 0.1) is 0 Å². The van der Waals surface area contributed by atoms with Crippen LogP contribution in [0.5, 0.6) is 0 Å². The molecule has 1 N–H and O–H groups in total. The summed E-state index contributed by atoms with van der Waals surface area (Å²) in [7, 11) is 0. The van der Waals surface area contributed by atoms with Crippen LogP contribution in [0.2, 0.25) is 5.02 Å². The molecule has 0 amide bonds. The van der Waals surface area contributed by atoms with Gasteiger partial charge in [-0.25, -0.2) is 9.07 Å². The fraction of sp³-hybridized carbons (Fsp3) is 0.0476. The molecule has 2 heterocycles. The lowest BCUT2D eigenvalue weighted by Crippen LogP contribution is -2.21. The molecular weight excluding hydrogens is 363 g/mol. The summed E-state index contributed by atoms with van der Waals surface area (Å²) in [5, 5.41) is 10.2. The van der Waals surface area contributed by atoms with Gasteiger partial charge in [-0.3, -0.25) is 0 Å². The van der Waals surface area contributed by atoms with Crippen molar-refractivity contribution in [2.75, 3.05) is 5.32 Å². The van der Waals surface area contributed by atoms with Crippen LogP contribution >= 0.6 is 11.6 Å². The molecule has 1 aliphatic rings. The first-order valence-electron chi connectivity index (χ1n) is 8.52. The Morgan fingerprint density at radius 3 is 2.70 bits per heavy atom. The Hall–Kier alpha value is -3.18. The van der Waals surface area contributed by atoms with Crippen LogP contribution in [0.25, 0.3) is 16.5 Å². The van der Waals surface area contributed by atoms with Crippen molar-refractivity contribution in [3.63, 3.8) is 0 Å². The van der Waals surface area contributed by atoms with E-state index in [0.717, 1.165) is 22.0 Å². The fourth-order valence-electron chi connectivity index (χ4n) is 3.46. The summed E-state index contributed by atoms with van der Waals surface area (Å²) in [6.45, 7) is 0. The third-order valence-corrected chi connectivity index (χ3v) is 5.09. The Morgan fingerprint density at radius 1 is 1.00 bits per heavy atom. The van der Waals surface area contributed by atoms with Gasteiger partial charge in [0, 0.05) is 16.3 Å². The number of fused-ring (bicyclic) bond motifs is 2. The van der Waals surface area contributed by atoms with E-state index < -0.39 is 6.04 Å². The molecule has 1 aliphatic heterocycles. The first-order valence-corrected chi connectivity index (χ1v) is 8.90. The molecule has 0 radical (unpaired) electrons. The van der Waals surface area contributed by atoms with E-state index in [4.69, 9.17) is 11.6 Å². The monoisotopic (exact) mass is 376 g/mol. The van der Waals surface area contributed by atoms with E-state index in [2.05, 4.69) is 39.7 Å².